The fourth-order valence-electron chi connectivity index (χ4n) is 6.00. The van der Waals surface area contributed by atoms with Crippen molar-refractivity contribution in [1.29, 1.82) is 0 Å². The van der Waals surface area contributed by atoms with Crippen molar-refractivity contribution >= 4 is 62.3 Å². The Balaban J connectivity index is 1.60. The number of benzene rings is 4. The third kappa shape index (κ3) is 9.03. The van der Waals surface area contributed by atoms with Crippen molar-refractivity contribution < 1.29 is 27.5 Å². The predicted octanol–water partition coefficient (Wildman–Crippen LogP) is 7.56. The normalized spacial score (nSPS) is 13.8. The van der Waals surface area contributed by atoms with Crippen LogP contribution in [0.3, 0.4) is 0 Å². The second-order valence-corrected chi connectivity index (χ2v) is 15.1. The predicted molar refractivity (Wildman–Crippen MR) is 197 cm³/mol. The highest BCUT2D eigenvalue weighted by molar-refractivity contribution is 7.92. The number of methoxy groups -OCH3 is 2. The number of sulfonamides is 1. The number of halogens is 3. The average molecular weight is 759 g/mol. The molecule has 1 aliphatic rings. The summed E-state index contributed by atoms with van der Waals surface area (Å²) in [6.07, 6.45) is 3.87. The summed E-state index contributed by atoms with van der Waals surface area (Å²) in [7, 11) is -1.55. The summed E-state index contributed by atoms with van der Waals surface area (Å²) in [6.45, 7) is -0.735. The van der Waals surface area contributed by atoms with Gasteiger partial charge in [0.2, 0.25) is 11.8 Å². The van der Waals surface area contributed by atoms with Crippen LogP contribution >= 0.6 is 34.8 Å². The Morgan fingerprint density at radius 2 is 1.50 bits per heavy atom. The first-order chi connectivity index (χ1) is 24.0. The third-order valence-electron chi connectivity index (χ3n) is 8.66. The second-order valence-electron chi connectivity index (χ2n) is 12.0. The zero-order chi connectivity index (χ0) is 35.8. The molecule has 0 radical (unpaired) electrons. The van der Waals surface area contributed by atoms with Gasteiger partial charge in [-0.25, -0.2) is 8.42 Å². The van der Waals surface area contributed by atoms with Gasteiger partial charge in [0.1, 0.15) is 12.6 Å². The smallest absolute Gasteiger partial charge is 0.264 e. The zero-order valence-electron chi connectivity index (χ0n) is 27.7. The summed E-state index contributed by atoms with van der Waals surface area (Å²) in [6, 6.07) is 23.5. The van der Waals surface area contributed by atoms with Crippen LogP contribution in [-0.4, -0.2) is 58.0 Å². The molecule has 2 amide bonds. The highest BCUT2D eigenvalue weighted by Crippen LogP contribution is 2.33. The monoisotopic (exact) mass is 757 g/mol. The van der Waals surface area contributed by atoms with Crippen LogP contribution in [0.25, 0.3) is 0 Å². The lowest BCUT2D eigenvalue weighted by atomic mass is 10.0. The van der Waals surface area contributed by atoms with Crippen LogP contribution in [0.2, 0.25) is 15.1 Å². The lowest BCUT2D eigenvalue weighted by Crippen LogP contribution is -2.54. The minimum Gasteiger partial charge on any atom is -0.493 e. The molecular formula is C37H38Cl3N3O6S. The van der Waals surface area contributed by atoms with Gasteiger partial charge in [-0.05, 0) is 72.5 Å². The van der Waals surface area contributed by atoms with Crippen molar-refractivity contribution in [2.24, 2.45) is 0 Å². The molecule has 1 N–H and O–H groups in total. The topological polar surface area (TPSA) is 105 Å². The number of anilines is 1. The van der Waals surface area contributed by atoms with E-state index in [0.29, 0.717) is 26.4 Å². The van der Waals surface area contributed by atoms with E-state index in [-0.39, 0.29) is 41.2 Å². The molecule has 1 fully saturated rings. The van der Waals surface area contributed by atoms with E-state index in [1.54, 1.807) is 18.2 Å². The highest BCUT2D eigenvalue weighted by Gasteiger charge is 2.36. The molecule has 0 unspecified atom stereocenters. The van der Waals surface area contributed by atoms with Crippen molar-refractivity contribution in [2.45, 2.75) is 55.6 Å². The molecule has 13 heteroatoms. The molecule has 1 atom stereocenters. The summed E-state index contributed by atoms with van der Waals surface area (Å²) in [5.41, 5.74) is 1.56. The van der Waals surface area contributed by atoms with Gasteiger partial charge < -0.3 is 19.7 Å². The van der Waals surface area contributed by atoms with E-state index in [0.717, 1.165) is 35.6 Å². The molecule has 50 heavy (non-hydrogen) atoms. The van der Waals surface area contributed by atoms with Gasteiger partial charge in [0, 0.05) is 40.1 Å². The van der Waals surface area contributed by atoms with Crippen molar-refractivity contribution in [1.82, 2.24) is 10.2 Å². The van der Waals surface area contributed by atoms with E-state index in [1.165, 1.54) is 61.6 Å². The number of carbonyl (C=O) groups excluding carboxylic acids is 2. The number of hydrogen-bond donors (Lipinski definition) is 1. The molecule has 0 heterocycles. The first-order valence-corrected chi connectivity index (χ1v) is 18.7. The van der Waals surface area contributed by atoms with Gasteiger partial charge in [0.05, 0.1) is 24.8 Å². The van der Waals surface area contributed by atoms with Crippen LogP contribution in [0.5, 0.6) is 11.5 Å². The Hall–Kier alpha value is -3.96. The summed E-state index contributed by atoms with van der Waals surface area (Å²) >= 11 is 19.0. The fraction of sp³-hybridized carbons (Fsp3) is 0.297. The maximum absolute atomic E-state index is 14.8. The number of nitrogens with one attached hydrogen (secondary N) is 1. The van der Waals surface area contributed by atoms with Gasteiger partial charge in [0.15, 0.2) is 11.5 Å². The van der Waals surface area contributed by atoms with Gasteiger partial charge in [-0.2, -0.15) is 0 Å². The molecule has 0 saturated heterocycles. The van der Waals surface area contributed by atoms with E-state index < -0.39 is 28.5 Å². The van der Waals surface area contributed by atoms with Gasteiger partial charge in [0.25, 0.3) is 10.0 Å². The Labute approximate surface area is 308 Å². The van der Waals surface area contributed by atoms with Crippen molar-refractivity contribution in [3.63, 3.8) is 0 Å². The highest BCUT2D eigenvalue weighted by atomic mass is 35.5. The number of amides is 2. The number of hydrogen-bond acceptors (Lipinski definition) is 6. The molecule has 0 spiro atoms. The number of ether oxygens (including phenoxy) is 2. The van der Waals surface area contributed by atoms with Gasteiger partial charge in [-0.1, -0.05) is 84.0 Å². The van der Waals surface area contributed by atoms with E-state index in [1.807, 2.05) is 30.3 Å². The molecule has 4 aromatic rings. The van der Waals surface area contributed by atoms with Crippen LogP contribution in [0.4, 0.5) is 5.69 Å². The lowest BCUT2D eigenvalue weighted by molar-refractivity contribution is -0.140. The number of carbonyl (C=O) groups is 2. The first kappa shape index (κ1) is 37.3. The molecule has 0 bridgehead atoms. The molecule has 9 nitrogen and oxygen atoms in total. The number of rotatable bonds is 14. The Morgan fingerprint density at radius 1 is 0.840 bits per heavy atom. The van der Waals surface area contributed by atoms with E-state index in [4.69, 9.17) is 44.3 Å². The maximum atomic E-state index is 14.8. The third-order valence-corrected chi connectivity index (χ3v) is 11.3. The molecule has 1 aliphatic carbocycles. The van der Waals surface area contributed by atoms with Crippen LogP contribution in [0.1, 0.15) is 36.8 Å². The minimum absolute atomic E-state index is 0.0205. The first-order valence-electron chi connectivity index (χ1n) is 16.1. The molecule has 5 rings (SSSR count). The summed E-state index contributed by atoms with van der Waals surface area (Å²) in [5, 5.41) is 4.25. The maximum Gasteiger partial charge on any atom is 0.264 e. The molecule has 264 valence electrons. The van der Waals surface area contributed by atoms with Crippen LogP contribution < -0.4 is 19.1 Å². The van der Waals surface area contributed by atoms with Gasteiger partial charge in [-0.3, -0.25) is 13.9 Å². The molecule has 0 aliphatic heterocycles. The molecule has 0 aromatic heterocycles. The summed E-state index contributed by atoms with van der Waals surface area (Å²) < 4.78 is 40.5. The fourth-order valence-corrected chi connectivity index (χ4v) is 8.02. The largest absolute Gasteiger partial charge is 0.493 e. The Kier molecular flexibility index (Phi) is 12.6. The average Bonchev–Trinajstić information content (AvgIpc) is 3.63. The van der Waals surface area contributed by atoms with Gasteiger partial charge >= 0.3 is 0 Å². The quantitative estimate of drug-likeness (QED) is 0.142. The zero-order valence-corrected chi connectivity index (χ0v) is 30.7. The van der Waals surface area contributed by atoms with E-state index in [9.17, 15) is 18.0 Å². The minimum atomic E-state index is -4.40. The lowest BCUT2D eigenvalue weighted by Gasteiger charge is -2.34. The Bertz CT molecular complexity index is 1910. The van der Waals surface area contributed by atoms with Crippen molar-refractivity contribution in [3.05, 3.63) is 117 Å². The molecular weight excluding hydrogens is 721 g/mol. The Morgan fingerprint density at radius 3 is 2.14 bits per heavy atom. The van der Waals surface area contributed by atoms with Crippen LogP contribution in [0, 0.1) is 0 Å². The van der Waals surface area contributed by atoms with E-state index in [2.05, 4.69) is 5.32 Å². The van der Waals surface area contributed by atoms with E-state index >= 15 is 0 Å². The summed E-state index contributed by atoms with van der Waals surface area (Å²) in [5.74, 6) is -0.428. The summed E-state index contributed by atoms with van der Waals surface area (Å²) in [4.78, 5) is 30.2. The SMILES string of the molecule is COc1ccc(S(=O)(=O)N(CC(=O)N(Cc2ccc(Cl)cc2Cl)[C@H](Cc2ccccc2)C(=O)NC2CCCC2)c2ccc(Cl)cc2)cc1OC. The number of nitrogens with zero attached hydrogens (tertiary/aromatic N) is 2. The van der Waals surface area contributed by atoms with Crippen molar-refractivity contribution in [3.8, 4) is 11.5 Å². The van der Waals surface area contributed by atoms with Crippen LogP contribution in [-0.2, 0) is 32.6 Å². The van der Waals surface area contributed by atoms with Gasteiger partial charge in [-0.15, -0.1) is 0 Å². The van der Waals surface area contributed by atoms with Crippen molar-refractivity contribution in [2.75, 3.05) is 25.1 Å². The second kappa shape index (κ2) is 16.8. The molecule has 1 saturated carbocycles. The standard InChI is InChI=1S/C37H38Cl3N3O6S/c1-48-34-19-18-31(22-35(34)49-2)50(46,47)43(30-16-14-27(38)15-17-30)24-36(44)42(23-26-12-13-28(39)21-32(26)40)33(20-25-8-4-3-5-9-25)37(45)41-29-10-6-7-11-29/h3-5,8-9,12-19,21-22,29,33H,6-7,10-11,20,23-24H2,1-2H3,(H,41,45)/t33-/m1/s1. The molecule has 4 aromatic carbocycles. The van der Waals surface area contributed by atoms with Crippen LogP contribution in [0.15, 0.2) is 95.9 Å².